The van der Waals surface area contributed by atoms with E-state index in [1.807, 2.05) is 6.92 Å². The van der Waals surface area contributed by atoms with Crippen LogP contribution in [0.5, 0.6) is 0 Å². The maximum Gasteiger partial charge on any atom is 0.123 e. The van der Waals surface area contributed by atoms with Crippen LogP contribution in [0.4, 0.5) is 4.39 Å². The molecule has 2 nitrogen and oxygen atoms in total. The number of hydrogen-bond acceptors (Lipinski definition) is 2. The van der Waals surface area contributed by atoms with Crippen LogP contribution in [0.15, 0.2) is 18.2 Å². The first kappa shape index (κ1) is 14.5. The number of halogens is 1. The van der Waals surface area contributed by atoms with Crippen molar-refractivity contribution in [1.29, 1.82) is 0 Å². The van der Waals surface area contributed by atoms with Crippen molar-refractivity contribution in [1.82, 2.24) is 5.32 Å². The number of benzene rings is 1. The number of hydrogen-bond donors (Lipinski definition) is 1. The van der Waals surface area contributed by atoms with Crippen molar-refractivity contribution in [2.24, 2.45) is 5.92 Å². The van der Waals surface area contributed by atoms with E-state index in [2.05, 4.69) is 18.3 Å². The van der Waals surface area contributed by atoms with Gasteiger partial charge in [-0.05, 0) is 61.9 Å². The van der Waals surface area contributed by atoms with Gasteiger partial charge in [-0.1, -0.05) is 13.0 Å². The van der Waals surface area contributed by atoms with E-state index in [-0.39, 0.29) is 11.9 Å². The van der Waals surface area contributed by atoms with Gasteiger partial charge >= 0.3 is 0 Å². The lowest BCUT2D eigenvalue weighted by atomic mass is 9.86. The molecule has 0 bridgehead atoms. The first-order valence-electron chi connectivity index (χ1n) is 7.29. The Labute approximate surface area is 115 Å². The predicted molar refractivity (Wildman–Crippen MR) is 75.7 cm³/mol. The van der Waals surface area contributed by atoms with Gasteiger partial charge in [-0.2, -0.15) is 0 Å². The zero-order valence-corrected chi connectivity index (χ0v) is 11.9. The second-order valence-corrected chi connectivity index (χ2v) is 5.44. The summed E-state index contributed by atoms with van der Waals surface area (Å²) in [5, 5.41) is 3.59. The van der Waals surface area contributed by atoms with Crippen molar-refractivity contribution in [3.05, 3.63) is 35.1 Å². The van der Waals surface area contributed by atoms with Gasteiger partial charge in [0.25, 0.3) is 0 Å². The quantitative estimate of drug-likeness (QED) is 0.878. The Bertz CT molecular complexity index is 381. The van der Waals surface area contributed by atoms with E-state index in [9.17, 15) is 4.39 Å². The average Bonchev–Trinajstić information content (AvgIpc) is 2.39. The molecule has 106 valence electrons. The lowest BCUT2D eigenvalue weighted by molar-refractivity contribution is 0.0536. The monoisotopic (exact) mass is 265 g/mol. The van der Waals surface area contributed by atoms with Gasteiger partial charge in [0.1, 0.15) is 5.82 Å². The summed E-state index contributed by atoms with van der Waals surface area (Å²) >= 11 is 0. The van der Waals surface area contributed by atoms with E-state index in [4.69, 9.17) is 4.74 Å². The van der Waals surface area contributed by atoms with Crippen LogP contribution in [0.25, 0.3) is 0 Å². The summed E-state index contributed by atoms with van der Waals surface area (Å²) in [6.07, 6.45) is 3.20. The number of rotatable bonds is 5. The van der Waals surface area contributed by atoms with Gasteiger partial charge in [0, 0.05) is 19.3 Å². The van der Waals surface area contributed by atoms with Gasteiger partial charge in [-0.25, -0.2) is 4.39 Å². The molecule has 0 aromatic heterocycles. The highest BCUT2D eigenvalue weighted by Crippen LogP contribution is 2.31. The Morgan fingerprint density at radius 1 is 1.32 bits per heavy atom. The molecule has 1 fully saturated rings. The van der Waals surface area contributed by atoms with E-state index in [1.165, 1.54) is 0 Å². The molecule has 2 rings (SSSR count). The smallest absolute Gasteiger partial charge is 0.123 e. The molecule has 0 radical (unpaired) electrons. The highest BCUT2D eigenvalue weighted by atomic mass is 19.1. The van der Waals surface area contributed by atoms with Crippen molar-refractivity contribution in [3.8, 4) is 0 Å². The van der Waals surface area contributed by atoms with Crippen LogP contribution >= 0.6 is 0 Å². The Hall–Kier alpha value is -0.930. The zero-order chi connectivity index (χ0) is 13.7. The standard InChI is InChI=1S/C16H24FNO/c1-3-6-18-16(13-4-7-19-8-5-13)14-9-12(2)10-15(17)11-14/h9-11,13,16,18H,3-8H2,1-2H3. The summed E-state index contributed by atoms with van der Waals surface area (Å²) in [7, 11) is 0. The average molecular weight is 265 g/mol. The molecule has 0 aliphatic carbocycles. The largest absolute Gasteiger partial charge is 0.381 e. The molecule has 1 aliphatic heterocycles. The fraction of sp³-hybridized carbons (Fsp3) is 0.625. The molecule has 1 aromatic carbocycles. The molecule has 1 atom stereocenters. The third-order valence-electron chi connectivity index (χ3n) is 3.78. The molecule has 1 aliphatic rings. The molecule has 0 saturated carbocycles. The number of aryl methyl sites for hydroxylation is 1. The van der Waals surface area contributed by atoms with E-state index in [0.717, 1.165) is 50.1 Å². The van der Waals surface area contributed by atoms with Crippen LogP contribution in [-0.4, -0.2) is 19.8 Å². The minimum absolute atomic E-state index is 0.134. The summed E-state index contributed by atoms with van der Waals surface area (Å²) in [6, 6.07) is 5.62. The van der Waals surface area contributed by atoms with Gasteiger partial charge in [0.15, 0.2) is 0 Å². The predicted octanol–water partition coefficient (Wildman–Crippen LogP) is 3.60. The molecule has 19 heavy (non-hydrogen) atoms. The van der Waals surface area contributed by atoms with Gasteiger partial charge in [-0.15, -0.1) is 0 Å². The highest BCUT2D eigenvalue weighted by Gasteiger charge is 2.25. The fourth-order valence-electron chi connectivity index (χ4n) is 2.85. The van der Waals surface area contributed by atoms with Crippen LogP contribution in [0.3, 0.4) is 0 Å². The van der Waals surface area contributed by atoms with Crippen LogP contribution in [0.1, 0.15) is 43.4 Å². The highest BCUT2D eigenvalue weighted by molar-refractivity contribution is 5.27. The lowest BCUT2D eigenvalue weighted by Gasteiger charge is -2.31. The SMILES string of the molecule is CCCNC(c1cc(C)cc(F)c1)C1CCOCC1. The van der Waals surface area contributed by atoms with E-state index in [1.54, 1.807) is 12.1 Å². The lowest BCUT2D eigenvalue weighted by Crippen LogP contribution is -2.32. The van der Waals surface area contributed by atoms with Gasteiger partial charge < -0.3 is 10.1 Å². The molecule has 1 aromatic rings. The summed E-state index contributed by atoms with van der Waals surface area (Å²) in [6.45, 7) is 6.72. The van der Waals surface area contributed by atoms with Crippen molar-refractivity contribution < 1.29 is 9.13 Å². The van der Waals surface area contributed by atoms with E-state index < -0.39 is 0 Å². The van der Waals surface area contributed by atoms with Gasteiger partial charge in [-0.3, -0.25) is 0 Å². The normalized spacial score (nSPS) is 18.5. The molecule has 0 amide bonds. The second-order valence-electron chi connectivity index (χ2n) is 5.44. The van der Waals surface area contributed by atoms with Crippen LogP contribution in [0.2, 0.25) is 0 Å². The van der Waals surface area contributed by atoms with Crippen molar-refractivity contribution in [3.63, 3.8) is 0 Å². The number of ether oxygens (including phenoxy) is 1. The van der Waals surface area contributed by atoms with Gasteiger partial charge in [0.05, 0.1) is 0 Å². The zero-order valence-electron chi connectivity index (χ0n) is 11.9. The fourth-order valence-corrected chi connectivity index (χ4v) is 2.85. The molecule has 0 spiro atoms. The minimum Gasteiger partial charge on any atom is -0.381 e. The Kier molecular flexibility index (Phi) is 5.34. The van der Waals surface area contributed by atoms with E-state index in [0.29, 0.717) is 5.92 Å². The third-order valence-corrected chi connectivity index (χ3v) is 3.78. The Morgan fingerprint density at radius 2 is 2.05 bits per heavy atom. The summed E-state index contributed by atoms with van der Waals surface area (Å²) < 4.78 is 19.1. The molecule has 1 unspecified atom stereocenters. The summed E-state index contributed by atoms with van der Waals surface area (Å²) in [4.78, 5) is 0. The third kappa shape index (κ3) is 4.02. The topological polar surface area (TPSA) is 21.3 Å². The van der Waals surface area contributed by atoms with Crippen molar-refractivity contribution >= 4 is 0 Å². The van der Waals surface area contributed by atoms with E-state index >= 15 is 0 Å². The maximum atomic E-state index is 13.6. The van der Waals surface area contributed by atoms with Gasteiger partial charge in [0.2, 0.25) is 0 Å². The maximum absolute atomic E-state index is 13.6. The summed E-state index contributed by atoms with van der Waals surface area (Å²) in [5.74, 6) is 0.409. The Morgan fingerprint density at radius 3 is 2.68 bits per heavy atom. The Balaban J connectivity index is 2.19. The van der Waals surface area contributed by atoms with Crippen LogP contribution in [-0.2, 0) is 4.74 Å². The molecular formula is C16H24FNO. The molecule has 1 N–H and O–H groups in total. The minimum atomic E-state index is -0.134. The van der Waals surface area contributed by atoms with Crippen molar-refractivity contribution in [2.45, 2.75) is 39.2 Å². The molecule has 1 heterocycles. The first-order chi connectivity index (χ1) is 9.20. The van der Waals surface area contributed by atoms with Crippen molar-refractivity contribution in [2.75, 3.05) is 19.8 Å². The molecule has 1 saturated heterocycles. The molecular weight excluding hydrogens is 241 g/mol. The van der Waals surface area contributed by atoms with Crippen LogP contribution < -0.4 is 5.32 Å². The molecule has 3 heteroatoms. The summed E-state index contributed by atoms with van der Waals surface area (Å²) in [5.41, 5.74) is 2.07. The van der Waals surface area contributed by atoms with Crippen LogP contribution in [0, 0.1) is 18.7 Å². The number of nitrogens with one attached hydrogen (secondary N) is 1. The second kappa shape index (κ2) is 7.01. The first-order valence-corrected chi connectivity index (χ1v) is 7.29.